The van der Waals surface area contributed by atoms with Crippen LogP contribution in [0.1, 0.15) is 32.3 Å². The summed E-state index contributed by atoms with van der Waals surface area (Å²) >= 11 is 14.8. The summed E-state index contributed by atoms with van der Waals surface area (Å²) in [6.45, 7) is 3.66. The Morgan fingerprint density at radius 1 is 1.06 bits per heavy atom. The van der Waals surface area contributed by atoms with Gasteiger partial charge in [0.1, 0.15) is 12.6 Å². The van der Waals surface area contributed by atoms with Crippen LogP contribution in [0.3, 0.4) is 0 Å². The molecule has 0 aliphatic rings. The van der Waals surface area contributed by atoms with Crippen molar-refractivity contribution >= 4 is 73.3 Å². The zero-order valence-corrected chi connectivity index (χ0v) is 23.7. The standard InChI is InChI=1S/C23H28Cl2IN3O4S/c1-4-13-27-23(31)21(5-2)28(14-18-19(24)7-6-8-20(18)25)22(30)15-29(34(3,32)33)17-11-9-16(26)10-12-17/h6-12,21H,4-5,13-15H2,1-3H3,(H,27,31)/t21-/m1/s1. The van der Waals surface area contributed by atoms with Crippen molar-refractivity contribution in [2.24, 2.45) is 0 Å². The zero-order chi connectivity index (χ0) is 25.5. The Morgan fingerprint density at radius 2 is 1.65 bits per heavy atom. The molecule has 1 atom stereocenters. The van der Waals surface area contributed by atoms with E-state index in [2.05, 4.69) is 27.9 Å². The Morgan fingerprint density at radius 3 is 2.15 bits per heavy atom. The number of nitrogens with zero attached hydrogens (tertiary/aromatic N) is 2. The maximum atomic E-state index is 13.6. The Kier molecular flexibility index (Phi) is 10.9. The fraction of sp³-hybridized carbons (Fsp3) is 0.391. The summed E-state index contributed by atoms with van der Waals surface area (Å²) in [6, 6.07) is 10.9. The van der Waals surface area contributed by atoms with E-state index in [0.29, 0.717) is 34.3 Å². The number of sulfonamides is 1. The van der Waals surface area contributed by atoms with Gasteiger partial charge in [-0.1, -0.05) is 43.1 Å². The van der Waals surface area contributed by atoms with Crippen molar-refractivity contribution in [1.82, 2.24) is 10.2 Å². The lowest BCUT2D eigenvalue weighted by atomic mass is 10.1. The molecule has 34 heavy (non-hydrogen) atoms. The van der Waals surface area contributed by atoms with Crippen LogP contribution in [0, 0.1) is 3.57 Å². The number of carbonyl (C=O) groups excluding carboxylic acids is 2. The van der Waals surface area contributed by atoms with Gasteiger partial charge < -0.3 is 10.2 Å². The lowest BCUT2D eigenvalue weighted by molar-refractivity contribution is -0.140. The van der Waals surface area contributed by atoms with E-state index < -0.39 is 28.5 Å². The highest BCUT2D eigenvalue weighted by molar-refractivity contribution is 14.1. The van der Waals surface area contributed by atoms with Crippen molar-refractivity contribution in [2.75, 3.05) is 23.7 Å². The molecule has 7 nitrogen and oxygen atoms in total. The fourth-order valence-electron chi connectivity index (χ4n) is 3.36. The van der Waals surface area contributed by atoms with Crippen molar-refractivity contribution in [2.45, 2.75) is 39.3 Å². The average molecular weight is 640 g/mol. The Hall–Kier alpha value is -1.56. The van der Waals surface area contributed by atoms with Crippen LogP contribution in [0.5, 0.6) is 0 Å². The van der Waals surface area contributed by atoms with Gasteiger partial charge in [0.05, 0.1) is 11.9 Å². The molecule has 11 heteroatoms. The number of amides is 2. The van der Waals surface area contributed by atoms with Crippen LogP contribution in [0.4, 0.5) is 5.69 Å². The van der Waals surface area contributed by atoms with Crippen LogP contribution >= 0.6 is 45.8 Å². The molecule has 2 rings (SSSR count). The first kappa shape index (κ1) is 28.7. The molecule has 1 N–H and O–H groups in total. The molecular formula is C23H28Cl2IN3O4S. The summed E-state index contributed by atoms with van der Waals surface area (Å²) in [5, 5.41) is 3.53. The second kappa shape index (κ2) is 12.9. The number of hydrogen-bond donors (Lipinski definition) is 1. The first-order valence-electron chi connectivity index (χ1n) is 10.7. The third-order valence-corrected chi connectivity index (χ3v) is 7.69. The third-order valence-electron chi connectivity index (χ3n) is 5.12. The van der Waals surface area contributed by atoms with Gasteiger partial charge in [-0.15, -0.1) is 0 Å². The summed E-state index contributed by atoms with van der Waals surface area (Å²) < 4.78 is 27.1. The molecule has 0 saturated heterocycles. The van der Waals surface area contributed by atoms with E-state index in [1.807, 2.05) is 6.92 Å². The second-order valence-corrected chi connectivity index (χ2v) is 11.6. The van der Waals surface area contributed by atoms with E-state index >= 15 is 0 Å². The van der Waals surface area contributed by atoms with Crippen molar-refractivity contribution in [1.29, 1.82) is 0 Å². The number of nitrogens with one attached hydrogen (secondary N) is 1. The molecule has 186 valence electrons. The van der Waals surface area contributed by atoms with Crippen molar-refractivity contribution < 1.29 is 18.0 Å². The van der Waals surface area contributed by atoms with Gasteiger partial charge in [0.2, 0.25) is 21.8 Å². The number of hydrogen-bond acceptors (Lipinski definition) is 4. The third kappa shape index (κ3) is 7.73. The molecule has 0 unspecified atom stereocenters. The first-order chi connectivity index (χ1) is 16.0. The largest absolute Gasteiger partial charge is 0.354 e. The predicted octanol–water partition coefficient (Wildman–Crippen LogP) is 4.70. The fourth-order valence-corrected chi connectivity index (χ4v) is 5.09. The maximum absolute atomic E-state index is 13.6. The van der Waals surface area contributed by atoms with Crippen molar-refractivity contribution in [3.05, 3.63) is 61.6 Å². The molecule has 0 bridgehead atoms. The second-order valence-electron chi connectivity index (χ2n) is 7.68. The van der Waals surface area contributed by atoms with E-state index in [1.54, 1.807) is 49.4 Å². The Labute approximate surface area is 225 Å². The molecule has 2 aromatic carbocycles. The highest BCUT2D eigenvalue weighted by Crippen LogP contribution is 2.27. The predicted molar refractivity (Wildman–Crippen MR) is 146 cm³/mol. The smallest absolute Gasteiger partial charge is 0.244 e. The summed E-state index contributed by atoms with van der Waals surface area (Å²) in [7, 11) is -3.78. The number of benzene rings is 2. The zero-order valence-electron chi connectivity index (χ0n) is 19.2. The number of carbonyl (C=O) groups is 2. The normalized spacial score (nSPS) is 12.2. The molecular weight excluding hydrogens is 612 g/mol. The van der Waals surface area contributed by atoms with Gasteiger partial charge in [-0.25, -0.2) is 8.42 Å². The van der Waals surface area contributed by atoms with Gasteiger partial charge >= 0.3 is 0 Å². The lowest BCUT2D eigenvalue weighted by Gasteiger charge is -2.33. The molecule has 0 fully saturated rings. The quantitative estimate of drug-likeness (QED) is 0.361. The van der Waals surface area contributed by atoms with Crippen molar-refractivity contribution in [3.63, 3.8) is 0 Å². The van der Waals surface area contributed by atoms with Crippen LogP contribution in [0.25, 0.3) is 0 Å². The molecule has 0 saturated carbocycles. The van der Waals surface area contributed by atoms with Gasteiger partial charge in [-0.2, -0.15) is 0 Å². The van der Waals surface area contributed by atoms with E-state index in [1.165, 1.54) is 4.90 Å². The van der Waals surface area contributed by atoms with Crippen molar-refractivity contribution in [3.8, 4) is 0 Å². The van der Waals surface area contributed by atoms with Gasteiger partial charge in [0, 0.05) is 32.3 Å². The summed E-state index contributed by atoms with van der Waals surface area (Å²) in [5.74, 6) is -0.862. The molecule has 0 radical (unpaired) electrons. The number of anilines is 1. The van der Waals surface area contributed by atoms with Crippen LogP contribution in [-0.2, 0) is 26.2 Å². The summed E-state index contributed by atoms with van der Waals surface area (Å²) in [6.07, 6.45) is 2.10. The van der Waals surface area contributed by atoms with Gasteiger partial charge in [0.25, 0.3) is 0 Å². The van der Waals surface area contributed by atoms with Gasteiger partial charge in [-0.3, -0.25) is 13.9 Å². The van der Waals surface area contributed by atoms with Gasteiger partial charge in [-0.05, 0) is 71.8 Å². The lowest BCUT2D eigenvalue weighted by Crippen LogP contribution is -2.52. The maximum Gasteiger partial charge on any atom is 0.244 e. The number of rotatable bonds is 11. The summed E-state index contributed by atoms with van der Waals surface area (Å²) in [4.78, 5) is 27.9. The summed E-state index contributed by atoms with van der Waals surface area (Å²) in [5.41, 5.74) is 0.844. The van der Waals surface area contributed by atoms with E-state index in [9.17, 15) is 18.0 Å². The Balaban J connectivity index is 2.47. The monoisotopic (exact) mass is 639 g/mol. The van der Waals surface area contributed by atoms with E-state index in [-0.39, 0.29) is 12.5 Å². The minimum Gasteiger partial charge on any atom is -0.354 e. The van der Waals surface area contributed by atoms with Gasteiger partial charge in [0.15, 0.2) is 0 Å². The average Bonchev–Trinajstić information content (AvgIpc) is 2.77. The molecule has 0 aliphatic heterocycles. The minimum atomic E-state index is -3.78. The van der Waals surface area contributed by atoms with E-state index in [4.69, 9.17) is 23.2 Å². The first-order valence-corrected chi connectivity index (χ1v) is 14.4. The number of halogens is 3. The van der Waals surface area contributed by atoms with E-state index in [0.717, 1.165) is 20.6 Å². The van der Waals surface area contributed by atoms with Crippen LogP contribution in [0.2, 0.25) is 10.0 Å². The highest BCUT2D eigenvalue weighted by Gasteiger charge is 2.32. The van der Waals surface area contributed by atoms with Crippen LogP contribution in [-0.4, -0.2) is 50.5 Å². The Bertz CT molecular complexity index is 1090. The molecule has 2 amide bonds. The van der Waals surface area contributed by atoms with Crippen LogP contribution in [0.15, 0.2) is 42.5 Å². The molecule has 0 spiro atoms. The SMILES string of the molecule is CCCNC(=O)[C@@H](CC)N(Cc1c(Cl)cccc1Cl)C(=O)CN(c1ccc(I)cc1)S(C)(=O)=O. The molecule has 0 aromatic heterocycles. The molecule has 0 aliphatic carbocycles. The topological polar surface area (TPSA) is 86.8 Å². The molecule has 2 aromatic rings. The molecule has 0 heterocycles. The minimum absolute atomic E-state index is 0.0420. The van der Waals surface area contributed by atoms with Crippen LogP contribution < -0.4 is 9.62 Å². The highest BCUT2D eigenvalue weighted by atomic mass is 127.